The van der Waals surface area contributed by atoms with Crippen LogP contribution in [0.15, 0.2) is 28.7 Å². The third-order valence-corrected chi connectivity index (χ3v) is 3.88. The van der Waals surface area contributed by atoms with Crippen LogP contribution in [-0.4, -0.2) is 19.3 Å². The van der Waals surface area contributed by atoms with E-state index in [1.807, 2.05) is 0 Å². The zero-order chi connectivity index (χ0) is 12.3. The minimum absolute atomic E-state index is 0.0166. The molecule has 3 heteroatoms. The van der Waals surface area contributed by atoms with E-state index in [4.69, 9.17) is 4.74 Å². The maximum Gasteiger partial charge on any atom is 0.0480 e. The third kappa shape index (κ3) is 3.54. The number of hydrogen-bond acceptors (Lipinski definition) is 2. The van der Waals surface area contributed by atoms with Crippen molar-refractivity contribution in [1.29, 1.82) is 0 Å². The summed E-state index contributed by atoms with van der Waals surface area (Å²) in [5, 5.41) is 3.74. The van der Waals surface area contributed by atoms with Crippen LogP contribution in [0.4, 0.5) is 0 Å². The molecule has 0 spiro atoms. The molecule has 17 heavy (non-hydrogen) atoms. The Morgan fingerprint density at radius 1 is 1.18 bits per heavy atom. The fraction of sp³-hybridized carbons (Fsp3) is 0.571. The van der Waals surface area contributed by atoms with Crippen molar-refractivity contribution in [2.24, 2.45) is 0 Å². The average Bonchev–Trinajstić information content (AvgIpc) is 2.30. The highest BCUT2D eigenvalue weighted by Crippen LogP contribution is 2.24. The fourth-order valence-corrected chi connectivity index (χ4v) is 2.57. The second-order valence-electron chi connectivity index (χ2n) is 5.16. The molecule has 1 aromatic rings. The molecule has 94 valence electrons. The molecule has 2 nitrogen and oxygen atoms in total. The molecule has 1 saturated heterocycles. The predicted octanol–water partition coefficient (Wildman–Crippen LogP) is 3.45. The molecule has 0 radical (unpaired) electrons. The van der Waals surface area contributed by atoms with Crippen molar-refractivity contribution in [3.63, 3.8) is 0 Å². The van der Waals surface area contributed by atoms with Crippen LogP contribution in [0.3, 0.4) is 0 Å². The van der Waals surface area contributed by atoms with Gasteiger partial charge in [0.1, 0.15) is 0 Å². The van der Waals surface area contributed by atoms with E-state index >= 15 is 0 Å². The van der Waals surface area contributed by atoms with E-state index < -0.39 is 0 Å². The summed E-state index contributed by atoms with van der Waals surface area (Å²) in [6.45, 7) is 6.25. The Balaban J connectivity index is 2.04. The molecular formula is C14H20BrNO. The summed E-state index contributed by atoms with van der Waals surface area (Å²) in [4.78, 5) is 0. The van der Waals surface area contributed by atoms with E-state index in [1.165, 1.54) is 5.56 Å². The summed E-state index contributed by atoms with van der Waals surface area (Å²) >= 11 is 3.47. The summed E-state index contributed by atoms with van der Waals surface area (Å²) in [7, 11) is 0. The number of halogens is 1. The Morgan fingerprint density at radius 3 is 2.35 bits per heavy atom. The van der Waals surface area contributed by atoms with Crippen molar-refractivity contribution in [1.82, 2.24) is 5.32 Å². The average molecular weight is 298 g/mol. The summed E-state index contributed by atoms with van der Waals surface area (Å²) in [5.41, 5.74) is 1.34. The second-order valence-corrected chi connectivity index (χ2v) is 6.08. The first-order valence-electron chi connectivity index (χ1n) is 6.19. The standard InChI is InChI=1S/C14H20BrNO/c1-14(2,11-3-5-12(15)6-4-11)16-13-7-9-17-10-8-13/h3-6,13,16H,7-10H2,1-2H3. The first-order chi connectivity index (χ1) is 8.08. The number of rotatable bonds is 3. The molecule has 0 aromatic heterocycles. The molecule has 0 bridgehead atoms. The van der Waals surface area contributed by atoms with E-state index in [2.05, 4.69) is 59.4 Å². The van der Waals surface area contributed by atoms with Gasteiger partial charge in [-0.25, -0.2) is 0 Å². The lowest BCUT2D eigenvalue weighted by Crippen LogP contribution is -2.46. The van der Waals surface area contributed by atoms with Crippen LogP contribution in [0.5, 0.6) is 0 Å². The van der Waals surface area contributed by atoms with E-state index in [0.29, 0.717) is 6.04 Å². The lowest BCUT2D eigenvalue weighted by molar-refractivity contribution is 0.0699. The van der Waals surface area contributed by atoms with Gasteiger partial charge in [0.2, 0.25) is 0 Å². The molecule has 1 N–H and O–H groups in total. The van der Waals surface area contributed by atoms with Gasteiger partial charge in [-0.2, -0.15) is 0 Å². The number of nitrogens with one attached hydrogen (secondary N) is 1. The molecule has 0 unspecified atom stereocenters. The maximum absolute atomic E-state index is 5.39. The molecule has 0 atom stereocenters. The minimum atomic E-state index is 0.0166. The van der Waals surface area contributed by atoms with Crippen molar-refractivity contribution >= 4 is 15.9 Å². The molecule has 1 aliphatic heterocycles. The van der Waals surface area contributed by atoms with E-state index in [1.54, 1.807) is 0 Å². The highest BCUT2D eigenvalue weighted by Gasteiger charge is 2.25. The van der Waals surface area contributed by atoms with Crippen LogP contribution >= 0.6 is 15.9 Å². The van der Waals surface area contributed by atoms with Gasteiger partial charge in [0.05, 0.1) is 0 Å². The van der Waals surface area contributed by atoms with Gasteiger partial charge in [-0.1, -0.05) is 28.1 Å². The predicted molar refractivity (Wildman–Crippen MR) is 74.1 cm³/mol. The van der Waals surface area contributed by atoms with Gasteiger partial charge in [0, 0.05) is 29.3 Å². The normalized spacial score (nSPS) is 18.3. The minimum Gasteiger partial charge on any atom is -0.381 e. The zero-order valence-electron chi connectivity index (χ0n) is 10.5. The molecule has 0 saturated carbocycles. The zero-order valence-corrected chi connectivity index (χ0v) is 12.1. The van der Waals surface area contributed by atoms with Crippen LogP contribution in [0.1, 0.15) is 32.3 Å². The first kappa shape index (κ1) is 13.1. The quantitative estimate of drug-likeness (QED) is 0.923. The van der Waals surface area contributed by atoms with Gasteiger partial charge in [0.25, 0.3) is 0 Å². The number of ether oxygens (including phenoxy) is 1. The van der Waals surface area contributed by atoms with Crippen molar-refractivity contribution < 1.29 is 4.74 Å². The summed E-state index contributed by atoms with van der Waals surface area (Å²) in [6, 6.07) is 9.13. The monoisotopic (exact) mass is 297 g/mol. The Hall–Kier alpha value is -0.380. The highest BCUT2D eigenvalue weighted by atomic mass is 79.9. The second kappa shape index (κ2) is 5.51. The van der Waals surface area contributed by atoms with Crippen molar-refractivity contribution in [3.05, 3.63) is 34.3 Å². The van der Waals surface area contributed by atoms with Crippen LogP contribution in [-0.2, 0) is 10.3 Å². The van der Waals surface area contributed by atoms with Gasteiger partial charge >= 0.3 is 0 Å². The summed E-state index contributed by atoms with van der Waals surface area (Å²) in [6.07, 6.45) is 2.22. The number of benzene rings is 1. The van der Waals surface area contributed by atoms with E-state index in [0.717, 1.165) is 30.5 Å². The fourth-order valence-electron chi connectivity index (χ4n) is 2.30. The maximum atomic E-state index is 5.39. The molecule has 1 aliphatic rings. The lowest BCUT2D eigenvalue weighted by Gasteiger charge is -2.34. The molecular weight excluding hydrogens is 278 g/mol. The van der Waals surface area contributed by atoms with E-state index in [-0.39, 0.29) is 5.54 Å². The van der Waals surface area contributed by atoms with Crippen LogP contribution in [0.25, 0.3) is 0 Å². The smallest absolute Gasteiger partial charge is 0.0480 e. The summed E-state index contributed by atoms with van der Waals surface area (Å²) < 4.78 is 6.52. The van der Waals surface area contributed by atoms with Crippen molar-refractivity contribution in [3.8, 4) is 0 Å². The lowest BCUT2D eigenvalue weighted by atomic mass is 9.92. The molecule has 1 heterocycles. The molecule has 1 fully saturated rings. The van der Waals surface area contributed by atoms with Crippen LogP contribution in [0.2, 0.25) is 0 Å². The third-order valence-electron chi connectivity index (χ3n) is 3.35. The number of hydrogen-bond donors (Lipinski definition) is 1. The first-order valence-corrected chi connectivity index (χ1v) is 6.99. The molecule has 1 aromatic carbocycles. The van der Waals surface area contributed by atoms with Gasteiger partial charge in [-0.15, -0.1) is 0 Å². The van der Waals surface area contributed by atoms with Gasteiger partial charge < -0.3 is 10.1 Å². The van der Waals surface area contributed by atoms with Crippen LogP contribution in [0, 0.1) is 0 Å². The topological polar surface area (TPSA) is 21.3 Å². The van der Waals surface area contributed by atoms with Crippen molar-refractivity contribution in [2.45, 2.75) is 38.3 Å². The largest absolute Gasteiger partial charge is 0.381 e. The van der Waals surface area contributed by atoms with Crippen LogP contribution < -0.4 is 5.32 Å². The highest BCUT2D eigenvalue weighted by molar-refractivity contribution is 9.10. The van der Waals surface area contributed by atoms with Crippen molar-refractivity contribution in [2.75, 3.05) is 13.2 Å². The molecule has 2 rings (SSSR count). The van der Waals surface area contributed by atoms with Gasteiger partial charge in [-0.3, -0.25) is 0 Å². The Bertz CT molecular complexity index is 355. The molecule has 0 amide bonds. The SMILES string of the molecule is CC(C)(NC1CCOCC1)c1ccc(Br)cc1. The Morgan fingerprint density at radius 2 is 1.76 bits per heavy atom. The van der Waals surface area contributed by atoms with Gasteiger partial charge in [-0.05, 0) is 44.4 Å². The summed E-state index contributed by atoms with van der Waals surface area (Å²) in [5.74, 6) is 0. The Labute approximate surface area is 112 Å². The van der Waals surface area contributed by atoms with E-state index in [9.17, 15) is 0 Å². The Kier molecular flexibility index (Phi) is 4.23. The van der Waals surface area contributed by atoms with Gasteiger partial charge in [0.15, 0.2) is 0 Å². The molecule has 0 aliphatic carbocycles.